The number of amides is 2. The van der Waals surface area contributed by atoms with Crippen molar-refractivity contribution in [1.82, 2.24) is 10.2 Å². The topological polar surface area (TPSA) is 69.6 Å². The Hall–Kier alpha value is -2.53. The van der Waals surface area contributed by atoms with Gasteiger partial charge in [0.05, 0.1) is 4.47 Å². The molecule has 0 radical (unpaired) electrons. The van der Waals surface area contributed by atoms with E-state index in [2.05, 4.69) is 21.2 Å². The normalized spacial score (nSPS) is 22.0. The van der Waals surface area contributed by atoms with Crippen molar-refractivity contribution in [2.45, 2.75) is 37.0 Å². The van der Waals surface area contributed by atoms with Crippen molar-refractivity contribution in [1.29, 1.82) is 0 Å². The zero-order chi connectivity index (χ0) is 25.6. The Kier molecular flexibility index (Phi) is 6.69. The van der Waals surface area contributed by atoms with Crippen LogP contribution in [0.1, 0.15) is 36.3 Å². The lowest BCUT2D eigenvalue weighted by Gasteiger charge is -2.50. The molecule has 5 nitrogen and oxygen atoms in total. The van der Waals surface area contributed by atoms with E-state index in [0.29, 0.717) is 0 Å². The van der Waals surface area contributed by atoms with Crippen molar-refractivity contribution in [3.05, 3.63) is 69.7 Å². The third-order valence-electron chi connectivity index (χ3n) is 7.13. The van der Waals surface area contributed by atoms with Gasteiger partial charge in [-0.05, 0) is 64.0 Å². The van der Waals surface area contributed by atoms with Crippen LogP contribution < -0.4 is 5.32 Å². The molecular formula is C24H22BrF5N2O3. The second-order valence-corrected chi connectivity index (χ2v) is 9.93. The molecule has 2 aliphatic heterocycles. The molecule has 0 aliphatic carbocycles. The van der Waals surface area contributed by atoms with E-state index in [4.69, 9.17) is 0 Å². The third-order valence-corrected chi connectivity index (χ3v) is 7.74. The quantitative estimate of drug-likeness (QED) is 0.547. The number of carbonyl (C=O) groups is 2. The second-order valence-electron chi connectivity index (χ2n) is 9.08. The van der Waals surface area contributed by atoms with Gasteiger partial charge in [-0.25, -0.2) is 8.78 Å². The minimum Gasteiger partial charge on any atom is -0.369 e. The smallest absolute Gasteiger partial charge is 0.369 e. The first-order valence-electron chi connectivity index (χ1n) is 10.9. The molecule has 2 atom stereocenters. The number of hydrogen-bond donors (Lipinski definition) is 2. The number of piperidine rings is 2. The van der Waals surface area contributed by atoms with Gasteiger partial charge in [-0.2, -0.15) is 13.2 Å². The molecule has 35 heavy (non-hydrogen) atoms. The van der Waals surface area contributed by atoms with Crippen LogP contribution in [0.25, 0.3) is 0 Å². The van der Waals surface area contributed by atoms with Gasteiger partial charge in [0.25, 0.3) is 11.5 Å². The van der Waals surface area contributed by atoms with Crippen LogP contribution in [0, 0.1) is 17.0 Å². The van der Waals surface area contributed by atoms with Crippen molar-refractivity contribution < 1.29 is 36.6 Å². The summed E-state index contributed by atoms with van der Waals surface area (Å²) in [7, 11) is 0. The van der Waals surface area contributed by atoms with Crippen molar-refractivity contribution in [3.8, 4) is 0 Å². The summed E-state index contributed by atoms with van der Waals surface area (Å²) in [5.74, 6) is -3.23. The number of rotatable bonds is 3. The molecule has 11 heteroatoms. The maximum atomic E-state index is 14.1. The van der Waals surface area contributed by atoms with Crippen LogP contribution in [0.15, 0.2) is 46.9 Å². The minimum atomic E-state index is -5.36. The average Bonchev–Trinajstić information content (AvgIpc) is 2.80. The summed E-state index contributed by atoms with van der Waals surface area (Å²) in [5, 5.41) is 13.5. The summed E-state index contributed by atoms with van der Waals surface area (Å²) in [5.41, 5.74) is -4.51. The highest BCUT2D eigenvalue weighted by Gasteiger charge is 2.62. The Bertz CT molecular complexity index is 1130. The van der Waals surface area contributed by atoms with E-state index in [9.17, 15) is 36.6 Å². The van der Waals surface area contributed by atoms with Gasteiger partial charge in [0.15, 0.2) is 0 Å². The molecule has 0 bridgehead atoms. The number of carbonyl (C=O) groups excluding carboxylic acids is 2. The summed E-state index contributed by atoms with van der Waals surface area (Å²) < 4.78 is 68.9. The van der Waals surface area contributed by atoms with Crippen molar-refractivity contribution in [2.75, 3.05) is 19.6 Å². The van der Waals surface area contributed by atoms with Crippen LogP contribution in [0.4, 0.5) is 22.0 Å². The Labute approximate surface area is 206 Å². The van der Waals surface area contributed by atoms with Crippen LogP contribution >= 0.6 is 15.9 Å². The monoisotopic (exact) mass is 560 g/mol. The van der Waals surface area contributed by atoms with E-state index in [1.54, 1.807) is 12.1 Å². The van der Waals surface area contributed by atoms with Gasteiger partial charge in [-0.15, -0.1) is 0 Å². The maximum absolute atomic E-state index is 14.1. The Balaban J connectivity index is 1.61. The van der Waals surface area contributed by atoms with E-state index >= 15 is 0 Å². The molecule has 2 amide bonds. The molecule has 2 aromatic carbocycles. The molecule has 0 aromatic heterocycles. The molecule has 0 saturated carbocycles. The maximum Gasteiger partial charge on any atom is 0.430 e. The summed E-state index contributed by atoms with van der Waals surface area (Å²) in [6.45, 7) is 0.0453. The fraction of sp³-hybridized carbons (Fsp3) is 0.417. The van der Waals surface area contributed by atoms with Gasteiger partial charge in [-0.3, -0.25) is 9.59 Å². The van der Waals surface area contributed by atoms with E-state index in [0.717, 1.165) is 28.7 Å². The number of nitrogens with one attached hydrogen (secondary N) is 1. The number of aliphatic hydroxyl groups is 1. The highest BCUT2D eigenvalue weighted by Crippen LogP contribution is 2.50. The molecular weight excluding hydrogens is 539 g/mol. The minimum absolute atomic E-state index is 0.117. The zero-order valence-corrected chi connectivity index (χ0v) is 19.9. The van der Waals surface area contributed by atoms with Gasteiger partial charge < -0.3 is 15.3 Å². The largest absolute Gasteiger partial charge is 0.430 e. The highest BCUT2D eigenvalue weighted by molar-refractivity contribution is 9.10. The lowest BCUT2D eigenvalue weighted by atomic mass is 9.62. The van der Waals surface area contributed by atoms with E-state index in [1.807, 2.05) is 0 Å². The van der Waals surface area contributed by atoms with Gasteiger partial charge in [0, 0.05) is 37.5 Å². The van der Waals surface area contributed by atoms with Crippen LogP contribution in [0.3, 0.4) is 0 Å². The number of likely N-dealkylation sites (tertiary alicyclic amines) is 1. The van der Waals surface area contributed by atoms with Gasteiger partial charge in [0.1, 0.15) is 11.6 Å². The second kappa shape index (κ2) is 9.16. The van der Waals surface area contributed by atoms with E-state index < -0.39 is 40.3 Å². The summed E-state index contributed by atoms with van der Waals surface area (Å²) >= 11 is 2.80. The molecule has 2 fully saturated rings. The molecule has 2 aromatic rings. The summed E-state index contributed by atoms with van der Waals surface area (Å²) in [4.78, 5) is 26.3. The fourth-order valence-electron chi connectivity index (χ4n) is 5.14. The first kappa shape index (κ1) is 25.6. The molecule has 2 N–H and O–H groups in total. The fourth-order valence-corrected chi connectivity index (χ4v) is 5.52. The third kappa shape index (κ3) is 4.55. The molecule has 2 saturated heterocycles. The Morgan fingerprint density at radius 1 is 1.09 bits per heavy atom. The van der Waals surface area contributed by atoms with Crippen LogP contribution in [-0.2, 0) is 15.2 Å². The molecule has 2 aliphatic rings. The van der Waals surface area contributed by atoms with Gasteiger partial charge >= 0.3 is 6.18 Å². The molecule has 2 heterocycles. The predicted molar refractivity (Wildman–Crippen MR) is 119 cm³/mol. The molecule has 188 valence electrons. The first-order valence-corrected chi connectivity index (χ1v) is 11.7. The SMILES string of the molecule is O=C1CC2(CCN(C(=O)[C@](O)(c3ccc(F)c(Br)c3)C(F)(F)F)CC2)[C@H](c2ccc(F)cc2)CN1. The van der Waals surface area contributed by atoms with Crippen LogP contribution in [0.5, 0.6) is 0 Å². The van der Waals surface area contributed by atoms with E-state index in [1.165, 1.54) is 12.1 Å². The van der Waals surface area contributed by atoms with Crippen LogP contribution in [-0.4, -0.2) is 47.6 Å². The summed E-state index contributed by atoms with van der Waals surface area (Å²) in [6, 6.07) is 8.06. The molecule has 4 rings (SSSR count). The van der Waals surface area contributed by atoms with Crippen LogP contribution in [0.2, 0.25) is 0 Å². The molecule has 1 spiro atoms. The number of halogens is 6. The Morgan fingerprint density at radius 2 is 1.71 bits per heavy atom. The van der Waals surface area contributed by atoms with Crippen molar-refractivity contribution >= 4 is 27.7 Å². The lowest BCUT2D eigenvalue weighted by molar-refractivity contribution is -0.262. The first-order chi connectivity index (χ1) is 16.4. The standard InChI is InChI=1S/C24H22BrF5N2O3/c25-18-11-15(3-6-19(18)27)23(35,24(28,29)30)21(34)32-9-7-22(8-10-32)12-20(33)31-13-17(22)14-1-4-16(26)5-2-14/h1-6,11,17,35H,7-10,12-13H2,(H,31,33)/t17-,23+/m0/s1. The number of nitrogens with zero attached hydrogens (tertiary/aromatic N) is 1. The van der Waals surface area contributed by atoms with Gasteiger partial charge in [0.2, 0.25) is 5.91 Å². The van der Waals surface area contributed by atoms with Crippen molar-refractivity contribution in [2.24, 2.45) is 5.41 Å². The zero-order valence-electron chi connectivity index (χ0n) is 18.3. The predicted octanol–water partition coefficient (Wildman–Crippen LogP) is 4.39. The Morgan fingerprint density at radius 3 is 2.29 bits per heavy atom. The van der Waals surface area contributed by atoms with Crippen molar-refractivity contribution in [3.63, 3.8) is 0 Å². The number of hydrogen-bond acceptors (Lipinski definition) is 3. The number of alkyl halides is 3. The van der Waals surface area contributed by atoms with Gasteiger partial charge in [-0.1, -0.05) is 18.2 Å². The number of benzene rings is 2. The molecule has 0 unspecified atom stereocenters. The summed E-state index contributed by atoms with van der Waals surface area (Å²) in [6.07, 6.45) is -4.81. The average molecular weight is 561 g/mol. The lowest BCUT2D eigenvalue weighted by Crippen LogP contribution is -2.59. The van der Waals surface area contributed by atoms with E-state index in [-0.39, 0.29) is 55.2 Å². The highest BCUT2D eigenvalue weighted by atomic mass is 79.9.